The van der Waals surface area contributed by atoms with Crippen LogP contribution in [-0.4, -0.2) is 29.0 Å². The van der Waals surface area contributed by atoms with Crippen LogP contribution in [0, 0.1) is 16.0 Å². The third-order valence-electron chi connectivity index (χ3n) is 2.87. The van der Waals surface area contributed by atoms with Gasteiger partial charge in [-0.15, -0.1) is 0 Å². The number of nitrogens with zero attached hydrogens (tertiary/aromatic N) is 1. The predicted octanol–water partition coefficient (Wildman–Crippen LogP) is 1.24. The highest BCUT2D eigenvalue weighted by Gasteiger charge is 2.21. The highest BCUT2D eigenvalue weighted by molar-refractivity contribution is 5.94. The van der Waals surface area contributed by atoms with Gasteiger partial charge < -0.3 is 15.7 Å². The maximum atomic E-state index is 11.6. The van der Waals surface area contributed by atoms with E-state index in [1.807, 2.05) is 0 Å². The van der Waals surface area contributed by atoms with Crippen LogP contribution in [0.15, 0.2) is 18.2 Å². The van der Waals surface area contributed by atoms with Gasteiger partial charge in [-0.25, -0.2) is 0 Å². The van der Waals surface area contributed by atoms with Gasteiger partial charge in [0.25, 0.3) is 5.69 Å². The molecular weight excluding hydrogens is 250 g/mol. The number of anilines is 1. The van der Waals surface area contributed by atoms with Crippen LogP contribution in [0.1, 0.15) is 12.8 Å². The topological polar surface area (TPSA) is 104 Å². The molecule has 0 aromatic heterocycles. The number of carbonyl (C=O) groups is 1. The van der Waals surface area contributed by atoms with Gasteiger partial charge in [-0.3, -0.25) is 14.9 Å². The number of phenols is 1. The largest absolute Gasteiger partial charge is 0.508 e. The maximum absolute atomic E-state index is 11.6. The summed E-state index contributed by atoms with van der Waals surface area (Å²) in [7, 11) is 0. The number of amides is 1. The molecule has 3 N–H and O–H groups in total. The zero-order chi connectivity index (χ0) is 13.8. The molecule has 0 atom stereocenters. The second-order valence-corrected chi connectivity index (χ2v) is 4.58. The van der Waals surface area contributed by atoms with Gasteiger partial charge in [0.1, 0.15) is 11.4 Å². The standard InChI is InChI=1S/C12H15N3O4/c16-9-3-4-10(11(5-9)15(18)19)14-12(17)7-13-6-8-1-2-8/h3-5,8,13,16H,1-2,6-7H2,(H,14,17). The summed E-state index contributed by atoms with van der Waals surface area (Å²) in [6, 6.07) is 3.61. The van der Waals surface area contributed by atoms with E-state index < -0.39 is 4.92 Å². The minimum atomic E-state index is -0.646. The molecule has 1 aliphatic rings. The molecule has 0 aliphatic heterocycles. The molecule has 2 rings (SSSR count). The van der Waals surface area contributed by atoms with E-state index in [2.05, 4.69) is 10.6 Å². The summed E-state index contributed by atoms with van der Waals surface area (Å²) < 4.78 is 0. The number of carbonyl (C=O) groups excluding carboxylic acids is 1. The molecule has 1 amide bonds. The van der Waals surface area contributed by atoms with E-state index in [-0.39, 0.29) is 29.6 Å². The molecule has 102 valence electrons. The Balaban J connectivity index is 1.93. The van der Waals surface area contributed by atoms with Crippen molar-refractivity contribution in [2.45, 2.75) is 12.8 Å². The monoisotopic (exact) mass is 265 g/mol. The van der Waals surface area contributed by atoms with Crippen molar-refractivity contribution in [1.29, 1.82) is 0 Å². The third kappa shape index (κ3) is 3.92. The van der Waals surface area contributed by atoms with Gasteiger partial charge in [0.05, 0.1) is 17.5 Å². The van der Waals surface area contributed by atoms with Gasteiger partial charge in [0.15, 0.2) is 0 Å². The minimum Gasteiger partial charge on any atom is -0.508 e. The maximum Gasteiger partial charge on any atom is 0.296 e. The van der Waals surface area contributed by atoms with E-state index in [0.717, 1.165) is 12.6 Å². The molecule has 0 radical (unpaired) electrons. The summed E-state index contributed by atoms with van der Waals surface area (Å²) in [5.41, 5.74) is -0.239. The van der Waals surface area contributed by atoms with Gasteiger partial charge in [0.2, 0.25) is 5.91 Å². The number of nitro groups is 1. The summed E-state index contributed by atoms with van der Waals surface area (Å²) >= 11 is 0. The zero-order valence-electron chi connectivity index (χ0n) is 10.3. The minimum absolute atomic E-state index is 0.0843. The van der Waals surface area contributed by atoms with E-state index in [4.69, 9.17) is 0 Å². The fourth-order valence-electron chi connectivity index (χ4n) is 1.68. The quantitative estimate of drug-likeness (QED) is 0.408. The molecule has 1 aromatic carbocycles. The Morgan fingerprint density at radius 1 is 1.47 bits per heavy atom. The normalized spacial score (nSPS) is 14.1. The Morgan fingerprint density at radius 3 is 2.84 bits per heavy atom. The van der Waals surface area contributed by atoms with E-state index in [1.165, 1.54) is 25.0 Å². The molecule has 1 fully saturated rings. The average molecular weight is 265 g/mol. The van der Waals surface area contributed by atoms with Crippen LogP contribution in [0.2, 0.25) is 0 Å². The fraction of sp³-hybridized carbons (Fsp3) is 0.417. The lowest BCUT2D eigenvalue weighted by Crippen LogP contribution is -2.29. The van der Waals surface area contributed by atoms with Crippen molar-refractivity contribution in [3.8, 4) is 5.75 Å². The van der Waals surface area contributed by atoms with Crippen molar-refractivity contribution in [1.82, 2.24) is 5.32 Å². The molecule has 0 unspecified atom stereocenters. The number of hydrogen-bond donors (Lipinski definition) is 3. The Hall–Kier alpha value is -2.15. The van der Waals surface area contributed by atoms with E-state index >= 15 is 0 Å². The van der Waals surface area contributed by atoms with Crippen LogP contribution in [0.4, 0.5) is 11.4 Å². The molecule has 0 heterocycles. The van der Waals surface area contributed by atoms with Gasteiger partial charge in [0, 0.05) is 0 Å². The van der Waals surface area contributed by atoms with E-state index in [1.54, 1.807) is 0 Å². The van der Waals surface area contributed by atoms with Crippen molar-refractivity contribution in [3.63, 3.8) is 0 Å². The molecule has 0 spiro atoms. The lowest BCUT2D eigenvalue weighted by Gasteiger charge is -2.07. The fourth-order valence-corrected chi connectivity index (χ4v) is 1.68. The molecule has 7 nitrogen and oxygen atoms in total. The number of rotatable bonds is 6. The number of hydrogen-bond acceptors (Lipinski definition) is 5. The van der Waals surface area contributed by atoms with Gasteiger partial charge in [-0.1, -0.05) is 0 Å². The second-order valence-electron chi connectivity index (χ2n) is 4.58. The Kier molecular flexibility index (Phi) is 3.96. The second kappa shape index (κ2) is 5.66. The summed E-state index contributed by atoms with van der Waals surface area (Å²) in [6.07, 6.45) is 2.39. The van der Waals surface area contributed by atoms with Gasteiger partial charge in [-0.05, 0) is 37.4 Å². The highest BCUT2D eigenvalue weighted by atomic mass is 16.6. The van der Waals surface area contributed by atoms with Crippen molar-refractivity contribution in [3.05, 3.63) is 28.3 Å². The van der Waals surface area contributed by atoms with Crippen molar-refractivity contribution < 1.29 is 14.8 Å². The predicted molar refractivity (Wildman–Crippen MR) is 69.0 cm³/mol. The number of nitrogens with one attached hydrogen (secondary N) is 2. The van der Waals surface area contributed by atoms with Crippen LogP contribution < -0.4 is 10.6 Å². The van der Waals surface area contributed by atoms with Crippen LogP contribution in [0.5, 0.6) is 5.75 Å². The van der Waals surface area contributed by atoms with Gasteiger partial charge >= 0.3 is 0 Å². The first-order valence-corrected chi connectivity index (χ1v) is 6.04. The van der Waals surface area contributed by atoms with E-state index in [0.29, 0.717) is 5.92 Å². The Labute approximate surface area is 109 Å². The molecule has 1 saturated carbocycles. The molecule has 19 heavy (non-hydrogen) atoms. The zero-order valence-corrected chi connectivity index (χ0v) is 10.3. The van der Waals surface area contributed by atoms with Gasteiger partial charge in [-0.2, -0.15) is 0 Å². The average Bonchev–Trinajstić information content (AvgIpc) is 3.15. The van der Waals surface area contributed by atoms with Crippen LogP contribution in [0.25, 0.3) is 0 Å². The first-order valence-electron chi connectivity index (χ1n) is 6.04. The molecule has 1 aliphatic carbocycles. The van der Waals surface area contributed by atoms with Crippen molar-refractivity contribution >= 4 is 17.3 Å². The summed E-state index contributed by atoms with van der Waals surface area (Å²) in [4.78, 5) is 21.8. The Morgan fingerprint density at radius 2 is 2.21 bits per heavy atom. The lowest BCUT2D eigenvalue weighted by atomic mass is 10.2. The number of nitro benzene ring substituents is 1. The van der Waals surface area contributed by atoms with Crippen LogP contribution in [-0.2, 0) is 4.79 Å². The number of aromatic hydroxyl groups is 1. The summed E-state index contributed by atoms with van der Waals surface area (Å²) in [6.45, 7) is 0.916. The highest BCUT2D eigenvalue weighted by Crippen LogP contribution is 2.28. The molecule has 1 aromatic rings. The van der Waals surface area contributed by atoms with E-state index in [9.17, 15) is 20.0 Å². The molecule has 0 saturated heterocycles. The molecule has 0 bridgehead atoms. The summed E-state index contributed by atoms with van der Waals surface area (Å²) in [5, 5.41) is 25.5. The van der Waals surface area contributed by atoms with Crippen LogP contribution in [0.3, 0.4) is 0 Å². The lowest BCUT2D eigenvalue weighted by molar-refractivity contribution is -0.384. The van der Waals surface area contributed by atoms with Crippen molar-refractivity contribution in [2.24, 2.45) is 5.92 Å². The van der Waals surface area contributed by atoms with Crippen LogP contribution >= 0.6 is 0 Å². The van der Waals surface area contributed by atoms with Crippen molar-refractivity contribution in [2.75, 3.05) is 18.4 Å². The smallest absolute Gasteiger partial charge is 0.296 e. The summed E-state index contributed by atoms with van der Waals surface area (Å²) in [5.74, 6) is 0.113. The third-order valence-corrected chi connectivity index (χ3v) is 2.87. The molecule has 7 heteroatoms. The Bertz CT molecular complexity index is 500. The first kappa shape index (κ1) is 13.3. The number of benzene rings is 1. The first-order chi connectivity index (χ1) is 9.06. The SMILES string of the molecule is O=C(CNCC1CC1)Nc1ccc(O)cc1[N+](=O)[O-]. The number of phenolic OH excluding ortho intramolecular Hbond substituents is 1. The molecular formula is C12H15N3O4.